The fourth-order valence-corrected chi connectivity index (χ4v) is 1.72. The number of hydrogen-bond acceptors (Lipinski definition) is 2. The first-order valence-electron chi connectivity index (χ1n) is 6.60. The van der Waals surface area contributed by atoms with E-state index < -0.39 is 11.5 Å². The van der Waals surface area contributed by atoms with Crippen LogP contribution in [0.3, 0.4) is 0 Å². The zero-order chi connectivity index (χ0) is 13.9. The fourth-order valence-electron chi connectivity index (χ4n) is 1.72. The maximum atomic E-state index is 12.4. The molecule has 0 atom stereocenters. The molecular weight excluding hydrogens is 232 g/mol. The lowest BCUT2D eigenvalue weighted by Crippen LogP contribution is -2.55. The van der Waals surface area contributed by atoms with Crippen LogP contribution in [0.5, 0.6) is 0 Å². The minimum Gasteiger partial charge on any atom is -0.480 e. The molecule has 2 amide bonds. The number of carboxylic acids is 1. The summed E-state index contributed by atoms with van der Waals surface area (Å²) in [6.07, 6.45) is 4.07. The third-order valence-corrected chi connectivity index (χ3v) is 3.63. The Morgan fingerprint density at radius 3 is 2.28 bits per heavy atom. The highest BCUT2D eigenvalue weighted by Crippen LogP contribution is 2.29. The summed E-state index contributed by atoms with van der Waals surface area (Å²) < 4.78 is 0. The third-order valence-electron chi connectivity index (χ3n) is 3.63. The molecule has 1 fully saturated rings. The topological polar surface area (TPSA) is 60.9 Å². The molecular formula is C13H24N2O3. The average Bonchev–Trinajstić information content (AvgIpc) is 3.12. The number of amides is 2. The van der Waals surface area contributed by atoms with Crippen molar-refractivity contribution < 1.29 is 14.7 Å². The Morgan fingerprint density at radius 2 is 1.89 bits per heavy atom. The Labute approximate surface area is 109 Å². The molecule has 1 N–H and O–H groups in total. The van der Waals surface area contributed by atoms with E-state index in [4.69, 9.17) is 5.11 Å². The van der Waals surface area contributed by atoms with Crippen molar-refractivity contribution in [1.82, 2.24) is 9.80 Å². The van der Waals surface area contributed by atoms with Crippen LogP contribution in [0.25, 0.3) is 0 Å². The van der Waals surface area contributed by atoms with Crippen LogP contribution >= 0.6 is 0 Å². The van der Waals surface area contributed by atoms with Crippen molar-refractivity contribution in [2.24, 2.45) is 0 Å². The van der Waals surface area contributed by atoms with E-state index in [0.29, 0.717) is 6.04 Å². The zero-order valence-corrected chi connectivity index (χ0v) is 11.8. The number of carbonyl (C=O) groups is 2. The van der Waals surface area contributed by atoms with E-state index in [9.17, 15) is 9.59 Å². The summed E-state index contributed by atoms with van der Waals surface area (Å²) in [5.41, 5.74) is -1.17. The minimum atomic E-state index is -1.17. The maximum absolute atomic E-state index is 12.4. The van der Waals surface area contributed by atoms with Crippen LogP contribution in [0.2, 0.25) is 0 Å². The molecule has 18 heavy (non-hydrogen) atoms. The van der Waals surface area contributed by atoms with Gasteiger partial charge in [-0.3, -0.25) is 0 Å². The number of nitrogens with zero attached hydrogens (tertiary/aromatic N) is 2. The van der Waals surface area contributed by atoms with Gasteiger partial charge in [-0.15, -0.1) is 0 Å². The lowest BCUT2D eigenvalue weighted by atomic mass is 10.0. The summed E-state index contributed by atoms with van der Waals surface area (Å²) in [7, 11) is 1.57. The van der Waals surface area contributed by atoms with E-state index in [1.54, 1.807) is 20.9 Å². The molecule has 0 aliphatic heterocycles. The summed E-state index contributed by atoms with van der Waals surface area (Å²) in [6.45, 7) is 5.91. The van der Waals surface area contributed by atoms with Crippen LogP contribution in [-0.2, 0) is 4.79 Å². The first kappa shape index (κ1) is 14.8. The van der Waals surface area contributed by atoms with Gasteiger partial charge in [0.15, 0.2) is 0 Å². The van der Waals surface area contributed by atoms with Crippen LogP contribution in [-0.4, -0.2) is 52.1 Å². The number of hydrogen-bond donors (Lipinski definition) is 1. The van der Waals surface area contributed by atoms with Gasteiger partial charge in [-0.25, -0.2) is 9.59 Å². The Kier molecular flexibility index (Phi) is 4.59. The molecule has 0 spiro atoms. The van der Waals surface area contributed by atoms with Gasteiger partial charge >= 0.3 is 12.0 Å². The minimum absolute atomic E-state index is 0.168. The molecule has 0 bridgehead atoms. The van der Waals surface area contributed by atoms with E-state index in [1.807, 2.05) is 4.90 Å². The van der Waals surface area contributed by atoms with Gasteiger partial charge in [-0.2, -0.15) is 0 Å². The van der Waals surface area contributed by atoms with Crippen molar-refractivity contribution in [3.05, 3.63) is 0 Å². The van der Waals surface area contributed by atoms with Crippen LogP contribution in [0.1, 0.15) is 46.5 Å². The molecule has 104 valence electrons. The van der Waals surface area contributed by atoms with Gasteiger partial charge in [-0.1, -0.05) is 13.3 Å². The Morgan fingerprint density at radius 1 is 1.33 bits per heavy atom. The molecule has 0 aromatic carbocycles. The van der Waals surface area contributed by atoms with Crippen LogP contribution < -0.4 is 0 Å². The van der Waals surface area contributed by atoms with Gasteiger partial charge in [0.1, 0.15) is 5.54 Å². The number of rotatable bonds is 6. The Balaban J connectivity index is 2.73. The lowest BCUT2D eigenvalue weighted by Gasteiger charge is -2.36. The number of likely N-dealkylation sites (N-methyl/N-ethyl adjacent to an activating group) is 1. The predicted molar refractivity (Wildman–Crippen MR) is 69.5 cm³/mol. The maximum Gasteiger partial charge on any atom is 0.329 e. The van der Waals surface area contributed by atoms with E-state index in [-0.39, 0.29) is 6.03 Å². The van der Waals surface area contributed by atoms with Crippen molar-refractivity contribution in [2.75, 3.05) is 13.6 Å². The van der Waals surface area contributed by atoms with Crippen molar-refractivity contribution in [1.29, 1.82) is 0 Å². The molecule has 0 unspecified atom stereocenters. The van der Waals surface area contributed by atoms with Gasteiger partial charge < -0.3 is 14.9 Å². The van der Waals surface area contributed by atoms with Gasteiger partial charge in [-0.05, 0) is 33.1 Å². The van der Waals surface area contributed by atoms with E-state index in [0.717, 1.165) is 32.2 Å². The first-order chi connectivity index (χ1) is 8.32. The molecule has 0 aromatic heterocycles. The second kappa shape index (κ2) is 5.59. The van der Waals surface area contributed by atoms with Gasteiger partial charge in [0.05, 0.1) is 0 Å². The molecule has 1 aliphatic rings. The summed E-state index contributed by atoms with van der Waals surface area (Å²) in [6, 6.07) is 0.148. The fraction of sp³-hybridized carbons (Fsp3) is 0.846. The van der Waals surface area contributed by atoms with Crippen LogP contribution in [0.4, 0.5) is 4.79 Å². The summed E-state index contributed by atoms with van der Waals surface area (Å²) >= 11 is 0. The summed E-state index contributed by atoms with van der Waals surface area (Å²) in [4.78, 5) is 26.7. The van der Waals surface area contributed by atoms with Crippen molar-refractivity contribution in [3.8, 4) is 0 Å². The quantitative estimate of drug-likeness (QED) is 0.792. The SMILES string of the molecule is CCCCN(C(=O)N(C)C(C)(C)C(=O)O)C1CC1. The molecule has 1 rings (SSSR count). The van der Waals surface area contributed by atoms with Crippen molar-refractivity contribution in [3.63, 3.8) is 0 Å². The second-order valence-corrected chi connectivity index (χ2v) is 5.48. The Bertz CT molecular complexity index is 324. The summed E-state index contributed by atoms with van der Waals surface area (Å²) in [5, 5.41) is 9.16. The Hall–Kier alpha value is -1.26. The molecule has 0 saturated heterocycles. The van der Waals surface area contributed by atoms with Crippen LogP contribution in [0.15, 0.2) is 0 Å². The number of urea groups is 1. The van der Waals surface area contributed by atoms with Crippen molar-refractivity contribution >= 4 is 12.0 Å². The monoisotopic (exact) mass is 256 g/mol. The van der Waals surface area contributed by atoms with Crippen molar-refractivity contribution in [2.45, 2.75) is 58.0 Å². The van der Waals surface area contributed by atoms with Gasteiger partial charge in [0.25, 0.3) is 0 Å². The van der Waals surface area contributed by atoms with Gasteiger partial charge in [0, 0.05) is 19.6 Å². The van der Waals surface area contributed by atoms with Gasteiger partial charge in [0.2, 0.25) is 0 Å². The smallest absolute Gasteiger partial charge is 0.329 e. The molecule has 5 heteroatoms. The molecule has 1 saturated carbocycles. The number of carboxylic acid groups (broad SMARTS) is 1. The van der Waals surface area contributed by atoms with E-state index >= 15 is 0 Å². The highest BCUT2D eigenvalue weighted by Gasteiger charge is 2.40. The third kappa shape index (κ3) is 3.15. The standard InChI is InChI=1S/C13H24N2O3/c1-5-6-9-15(10-7-8-10)12(18)14(4)13(2,3)11(16)17/h10H,5-9H2,1-4H3,(H,16,17). The number of carbonyl (C=O) groups excluding carboxylic acids is 1. The van der Waals surface area contributed by atoms with E-state index in [1.165, 1.54) is 4.90 Å². The lowest BCUT2D eigenvalue weighted by molar-refractivity contribution is -0.147. The molecule has 0 radical (unpaired) electrons. The zero-order valence-electron chi connectivity index (χ0n) is 11.8. The first-order valence-corrected chi connectivity index (χ1v) is 6.60. The number of aliphatic carboxylic acids is 1. The molecule has 1 aliphatic carbocycles. The normalized spacial score (nSPS) is 15.3. The second-order valence-electron chi connectivity index (χ2n) is 5.48. The van der Waals surface area contributed by atoms with E-state index in [2.05, 4.69) is 6.92 Å². The largest absolute Gasteiger partial charge is 0.480 e. The summed E-state index contributed by atoms with van der Waals surface area (Å²) in [5.74, 6) is -0.982. The van der Waals surface area contributed by atoms with Crippen LogP contribution in [0, 0.1) is 0 Å². The molecule has 5 nitrogen and oxygen atoms in total. The highest BCUT2D eigenvalue weighted by molar-refractivity contribution is 5.85. The predicted octanol–water partition coefficient (Wildman–Crippen LogP) is 2.17. The highest BCUT2D eigenvalue weighted by atomic mass is 16.4. The molecule has 0 heterocycles. The average molecular weight is 256 g/mol. The number of unbranched alkanes of at least 4 members (excludes halogenated alkanes) is 1. The molecule has 0 aromatic rings.